The summed E-state index contributed by atoms with van der Waals surface area (Å²) in [5.74, 6) is 0.709. The van der Waals surface area contributed by atoms with Crippen molar-refractivity contribution in [1.82, 2.24) is 5.32 Å². The SMILES string of the molecule is CCCOc1ccc(-c2csc(N)c2C(=O)NCC)cc1. The predicted octanol–water partition coefficient (Wildman–Crippen LogP) is 3.54. The van der Waals surface area contributed by atoms with Crippen LogP contribution in [0.2, 0.25) is 0 Å². The van der Waals surface area contributed by atoms with Crippen LogP contribution in [0.3, 0.4) is 0 Å². The first kappa shape index (κ1) is 15.4. The molecule has 4 nitrogen and oxygen atoms in total. The summed E-state index contributed by atoms with van der Waals surface area (Å²) in [5, 5.41) is 5.26. The number of rotatable bonds is 6. The summed E-state index contributed by atoms with van der Waals surface area (Å²) in [6, 6.07) is 7.74. The fourth-order valence-corrected chi connectivity index (χ4v) is 2.84. The molecule has 2 aromatic rings. The minimum Gasteiger partial charge on any atom is -0.494 e. The standard InChI is InChI=1S/C16H20N2O2S/c1-3-9-20-12-7-5-11(6-8-12)13-10-21-15(17)14(13)16(19)18-4-2/h5-8,10H,3-4,9,17H2,1-2H3,(H,18,19). The van der Waals surface area contributed by atoms with E-state index >= 15 is 0 Å². The Morgan fingerprint density at radius 3 is 2.62 bits per heavy atom. The van der Waals surface area contributed by atoms with Gasteiger partial charge in [-0.25, -0.2) is 0 Å². The van der Waals surface area contributed by atoms with Crippen LogP contribution in [-0.4, -0.2) is 19.1 Å². The van der Waals surface area contributed by atoms with Crippen LogP contribution in [0, 0.1) is 0 Å². The van der Waals surface area contributed by atoms with Crippen LogP contribution in [0.1, 0.15) is 30.6 Å². The number of ether oxygens (including phenoxy) is 1. The summed E-state index contributed by atoms with van der Waals surface area (Å²) in [4.78, 5) is 12.1. The van der Waals surface area contributed by atoms with Gasteiger partial charge in [0.1, 0.15) is 5.75 Å². The molecule has 0 fully saturated rings. The van der Waals surface area contributed by atoms with E-state index in [9.17, 15) is 4.79 Å². The zero-order valence-corrected chi connectivity index (χ0v) is 13.1. The largest absolute Gasteiger partial charge is 0.494 e. The maximum absolute atomic E-state index is 12.1. The van der Waals surface area contributed by atoms with Crippen molar-refractivity contribution in [3.8, 4) is 16.9 Å². The molecule has 1 aromatic carbocycles. The number of benzene rings is 1. The van der Waals surface area contributed by atoms with E-state index in [1.807, 2.05) is 36.6 Å². The molecule has 21 heavy (non-hydrogen) atoms. The van der Waals surface area contributed by atoms with E-state index < -0.39 is 0 Å². The summed E-state index contributed by atoms with van der Waals surface area (Å²) in [5.41, 5.74) is 8.33. The van der Waals surface area contributed by atoms with Crippen molar-refractivity contribution in [3.05, 3.63) is 35.2 Å². The lowest BCUT2D eigenvalue weighted by Gasteiger charge is -2.08. The molecular weight excluding hydrogens is 284 g/mol. The molecule has 0 saturated heterocycles. The van der Waals surface area contributed by atoms with E-state index in [-0.39, 0.29) is 5.91 Å². The third kappa shape index (κ3) is 3.55. The molecule has 0 aliphatic rings. The Morgan fingerprint density at radius 1 is 1.29 bits per heavy atom. The Balaban J connectivity index is 2.28. The van der Waals surface area contributed by atoms with Crippen molar-refractivity contribution in [3.63, 3.8) is 0 Å². The van der Waals surface area contributed by atoms with E-state index in [0.717, 1.165) is 23.3 Å². The lowest BCUT2D eigenvalue weighted by atomic mass is 10.0. The first-order chi connectivity index (χ1) is 10.2. The lowest BCUT2D eigenvalue weighted by molar-refractivity contribution is 0.0957. The Kier molecular flexibility index (Phi) is 5.22. The van der Waals surface area contributed by atoms with Crippen LogP contribution in [0.15, 0.2) is 29.6 Å². The van der Waals surface area contributed by atoms with Gasteiger partial charge >= 0.3 is 0 Å². The highest BCUT2D eigenvalue weighted by Gasteiger charge is 2.17. The number of anilines is 1. The van der Waals surface area contributed by atoms with Crippen LogP contribution in [-0.2, 0) is 0 Å². The van der Waals surface area contributed by atoms with Gasteiger partial charge in [-0.3, -0.25) is 4.79 Å². The highest BCUT2D eigenvalue weighted by Crippen LogP contribution is 2.34. The topological polar surface area (TPSA) is 64.3 Å². The van der Waals surface area contributed by atoms with Gasteiger partial charge in [0.15, 0.2) is 0 Å². The van der Waals surface area contributed by atoms with Crippen molar-refractivity contribution in [1.29, 1.82) is 0 Å². The lowest BCUT2D eigenvalue weighted by Crippen LogP contribution is -2.23. The number of carbonyl (C=O) groups is 1. The average Bonchev–Trinajstić information content (AvgIpc) is 2.88. The summed E-state index contributed by atoms with van der Waals surface area (Å²) in [7, 11) is 0. The monoisotopic (exact) mass is 304 g/mol. The number of hydrogen-bond acceptors (Lipinski definition) is 4. The molecule has 0 atom stereocenters. The van der Waals surface area contributed by atoms with Gasteiger partial charge in [0.2, 0.25) is 0 Å². The number of hydrogen-bond donors (Lipinski definition) is 2. The number of amides is 1. The smallest absolute Gasteiger partial charge is 0.254 e. The number of nitrogen functional groups attached to an aromatic ring is 1. The third-order valence-corrected chi connectivity index (χ3v) is 3.83. The summed E-state index contributed by atoms with van der Waals surface area (Å²) >= 11 is 1.38. The number of nitrogens with one attached hydrogen (secondary N) is 1. The highest BCUT2D eigenvalue weighted by molar-refractivity contribution is 7.15. The van der Waals surface area contributed by atoms with Crippen LogP contribution in [0.4, 0.5) is 5.00 Å². The molecule has 3 N–H and O–H groups in total. The highest BCUT2D eigenvalue weighted by atomic mass is 32.1. The molecule has 0 aliphatic carbocycles. The second-order valence-electron chi connectivity index (χ2n) is 4.62. The Hall–Kier alpha value is -2.01. The summed E-state index contributed by atoms with van der Waals surface area (Å²) in [6.07, 6.45) is 0.976. The van der Waals surface area contributed by atoms with Gasteiger partial charge in [0.25, 0.3) is 5.91 Å². The molecule has 0 unspecified atom stereocenters. The number of nitrogens with two attached hydrogens (primary N) is 1. The van der Waals surface area contributed by atoms with Crippen molar-refractivity contribution in [2.24, 2.45) is 0 Å². The zero-order chi connectivity index (χ0) is 15.2. The molecule has 0 aliphatic heterocycles. The van der Waals surface area contributed by atoms with Gasteiger partial charge in [-0.05, 0) is 31.0 Å². The van der Waals surface area contributed by atoms with Crippen molar-refractivity contribution < 1.29 is 9.53 Å². The molecule has 0 saturated carbocycles. The maximum Gasteiger partial charge on any atom is 0.254 e. The average molecular weight is 304 g/mol. The van der Waals surface area contributed by atoms with Crippen LogP contribution < -0.4 is 15.8 Å². The first-order valence-electron chi connectivity index (χ1n) is 7.05. The molecular formula is C16H20N2O2S. The second kappa shape index (κ2) is 7.13. The third-order valence-electron chi connectivity index (χ3n) is 3.02. The molecule has 112 valence electrons. The van der Waals surface area contributed by atoms with Crippen molar-refractivity contribution in [2.75, 3.05) is 18.9 Å². The summed E-state index contributed by atoms with van der Waals surface area (Å²) in [6.45, 7) is 5.24. The van der Waals surface area contributed by atoms with Gasteiger partial charge in [-0.1, -0.05) is 19.1 Å². The maximum atomic E-state index is 12.1. The van der Waals surface area contributed by atoms with Crippen LogP contribution >= 0.6 is 11.3 Å². The molecule has 1 heterocycles. The van der Waals surface area contributed by atoms with E-state index in [0.29, 0.717) is 23.7 Å². The fourth-order valence-electron chi connectivity index (χ4n) is 2.02. The Bertz CT molecular complexity index is 605. The minimum absolute atomic E-state index is 0.127. The van der Waals surface area contributed by atoms with Crippen LogP contribution in [0.5, 0.6) is 5.75 Å². The quantitative estimate of drug-likeness (QED) is 0.858. The van der Waals surface area contributed by atoms with Crippen molar-refractivity contribution in [2.45, 2.75) is 20.3 Å². The van der Waals surface area contributed by atoms with E-state index in [1.54, 1.807) is 0 Å². The van der Waals surface area contributed by atoms with Gasteiger partial charge in [0.05, 0.1) is 17.2 Å². The molecule has 0 bridgehead atoms. The van der Waals surface area contributed by atoms with Gasteiger partial charge in [-0.15, -0.1) is 11.3 Å². The molecule has 2 rings (SSSR count). The molecule has 0 radical (unpaired) electrons. The van der Waals surface area contributed by atoms with E-state index in [2.05, 4.69) is 12.2 Å². The molecule has 1 amide bonds. The Labute approximate surface area is 128 Å². The number of thiophene rings is 1. The van der Waals surface area contributed by atoms with E-state index in [1.165, 1.54) is 11.3 Å². The van der Waals surface area contributed by atoms with Crippen molar-refractivity contribution >= 4 is 22.2 Å². The number of carbonyl (C=O) groups excluding carboxylic acids is 1. The normalized spacial score (nSPS) is 10.4. The predicted molar refractivity (Wildman–Crippen MR) is 88.0 cm³/mol. The fraction of sp³-hybridized carbons (Fsp3) is 0.312. The minimum atomic E-state index is -0.127. The first-order valence-corrected chi connectivity index (χ1v) is 7.93. The van der Waals surface area contributed by atoms with Crippen LogP contribution in [0.25, 0.3) is 11.1 Å². The molecule has 0 spiro atoms. The Morgan fingerprint density at radius 2 is 2.00 bits per heavy atom. The van der Waals surface area contributed by atoms with Gasteiger partial charge in [-0.2, -0.15) is 0 Å². The molecule has 1 aromatic heterocycles. The van der Waals surface area contributed by atoms with E-state index in [4.69, 9.17) is 10.5 Å². The summed E-state index contributed by atoms with van der Waals surface area (Å²) < 4.78 is 5.57. The molecule has 5 heteroatoms. The van der Waals surface area contributed by atoms with Gasteiger partial charge < -0.3 is 15.8 Å². The zero-order valence-electron chi connectivity index (χ0n) is 12.3. The second-order valence-corrected chi connectivity index (χ2v) is 5.53. The van der Waals surface area contributed by atoms with Gasteiger partial charge in [0, 0.05) is 17.5 Å².